The van der Waals surface area contributed by atoms with Crippen LogP contribution in [0.4, 0.5) is 0 Å². The molecular weight excluding hydrogens is 529 g/mol. The van der Waals surface area contributed by atoms with Crippen molar-refractivity contribution in [2.45, 2.75) is 13.5 Å². The van der Waals surface area contributed by atoms with Crippen molar-refractivity contribution >= 4 is 57.8 Å². The van der Waals surface area contributed by atoms with Crippen LogP contribution in [-0.2, 0) is 16.2 Å². The highest BCUT2D eigenvalue weighted by Gasteiger charge is 2.30. The number of carbonyl (C=O) groups excluding carboxylic acids is 2. The van der Waals surface area contributed by atoms with Gasteiger partial charge in [0.25, 0.3) is 11.8 Å². The third-order valence-electron chi connectivity index (χ3n) is 4.46. The second kappa shape index (κ2) is 9.89. The molecule has 1 aliphatic rings. The number of rotatable bonds is 6. The lowest BCUT2D eigenvalue weighted by Gasteiger charge is -2.25. The summed E-state index contributed by atoms with van der Waals surface area (Å²) in [6.45, 7) is 2.45. The van der Waals surface area contributed by atoms with Gasteiger partial charge in [-0.05, 0) is 71.6 Å². The molecule has 0 saturated carbocycles. The third-order valence-corrected chi connectivity index (χ3v) is 5.63. The highest BCUT2D eigenvalue weighted by molar-refractivity contribution is 14.1. The molecular formula is C22H18IN3O4S. The van der Waals surface area contributed by atoms with Crippen LogP contribution in [-0.4, -0.2) is 35.5 Å². The van der Waals surface area contributed by atoms with E-state index in [0.717, 1.165) is 9.13 Å². The summed E-state index contributed by atoms with van der Waals surface area (Å²) >= 11 is 7.08. The molecule has 0 unspecified atom stereocenters. The van der Waals surface area contributed by atoms with Gasteiger partial charge in [-0.15, -0.1) is 0 Å². The molecule has 9 heteroatoms. The fraction of sp³-hybridized carbons (Fsp3) is 0.182. The van der Waals surface area contributed by atoms with Gasteiger partial charge in [0.1, 0.15) is 12.2 Å². The standard InChI is InChI=1S/C22H18IN3O4S/c1-3-29-18-10-13(8-16-20(27)25-22(31)26(2)21(16)28)9-17(23)19(18)30-12-15-7-5-4-6-14(15)11-24/h4-10H,3,12H2,1-2H3,(H,25,27,31)/b16-8+. The van der Waals surface area contributed by atoms with Gasteiger partial charge in [-0.1, -0.05) is 18.2 Å². The van der Waals surface area contributed by atoms with Gasteiger partial charge in [0.15, 0.2) is 16.6 Å². The van der Waals surface area contributed by atoms with Crippen molar-refractivity contribution in [3.8, 4) is 17.6 Å². The van der Waals surface area contributed by atoms with Crippen molar-refractivity contribution < 1.29 is 19.1 Å². The number of nitriles is 1. The van der Waals surface area contributed by atoms with Crippen molar-refractivity contribution in [3.63, 3.8) is 0 Å². The number of hydrogen-bond acceptors (Lipinski definition) is 6. The molecule has 7 nitrogen and oxygen atoms in total. The molecule has 0 bridgehead atoms. The molecule has 0 atom stereocenters. The number of amides is 2. The van der Waals surface area contributed by atoms with Crippen molar-refractivity contribution in [1.82, 2.24) is 10.2 Å². The zero-order valence-electron chi connectivity index (χ0n) is 16.8. The third kappa shape index (κ3) is 5.03. The largest absolute Gasteiger partial charge is 0.490 e. The second-order valence-electron chi connectivity index (χ2n) is 6.50. The Bertz CT molecular complexity index is 1140. The van der Waals surface area contributed by atoms with E-state index in [1.165, 1.54) is 18.0 Å². The molecule has 2 aromatic carbocycles. The highest BCUT2D eigenvalue weighted by atomic mass is 127. The van der Waals surface area contributed by atoms with Crippen LogP contribution in [0, 0.1) is 14.9 Å². The van der Waals surface area contributed by atoms with Crippen molar-refractivity contribution in [2.24, 2.45) is 0 Å². The Labute approximate surface area is 198 Å². The molecule has 0 aliphatic carbocycles. The van der Waals surface area contributed by atoms with Crippen LogP contribution >= 0.6 is 34.8 Å². The van der Waals surface area contributed by atoms with Crippen LogP contribution in [0.15, 0.2) is 42.0 Å². The van der Waals surface area contributed by atoms with Crippen molar-refractivity contribution in [1.29, 1.82) is 5.26 Å². The summed E-state index contributed by atoms with van der Waals surface area (Å²) in [6.07, 6.45) is 1.50. The van der Waals surface area contributed by atoms with Gasteiger partial charge in [-0.2, -0.15) is 5.26 Å². The van der Waals surface area contributed by atoms with Crippen LogP contribution in [0.5, 0.6) is 11.5 Å². The average Bonchev–Trinajstić information content (AvgIpc) is 2.75. The number of nitrogens with one attached hydrogen (secondary N) is 1. The summed E-state index contributed by atoms with van der Waals surface area (Å²) < 4.78 is 12.5. The summed E-state index contributed by atoms with van der Waals surface area (Å²) in [5.74, 6) is -0.0250. The number of halogens is 1. The molecule has 2 aromatic rings. The Morgan fingerprint density at radius 1 is 1.26 bits per heavy atom. The van der Waals surface area contributed by atoms with E-state index in [1.54, 1.807) is 24.3 Å². The van der Waals surface area contributed by atoms with E-state index in [4.69, 9.17) is 21.7 Å². The zero-order valence-corrected chi connectivity index (χ0v) is 19.7. The predicted octanol–water partition coefficient (Wildman–Crippen LogP) is 3.40. The van der Waals surface area contributed by atoms with Crippen LogP contribution in [0.3, 0.4) is 0 Å². The average molecular weight is 547 g/mol. The van der Waals surface area contributed by atoms with Crippen LogP contribution < -0.4 is 14.8 Å². The summed E-state index contributed by atoms with van der Waals surface area (Å²) in [5.41, 5.74) is 1.89. The maximum atomic E-state index is 12.5. The van der Waals surface area contributed by atoms with Gasteiger partial charge >= 0.3 is 0 Å². The molecule has 0 radical (unpaired) electrons. The molecule has 3 rings (SSSR count). The van der Waals surface area contributed by atoms with Gasteiger partial charge in [-0.3, -0.25) is 19.8 Å². The maximum absolute atomic E-state index is 12.5. The Morgan fingerprint density at radius 2 is 2.00 bits per heavy atom. The topological polar surface area (TPSA) is 91.7 Å². The number of thiocarbonyl (C=S) groups is 1. The number of hydrogen-bond donors (Lipinski definition) is 1. The van der Waals surface area contributed by atoms with E-state index in [0.29, 0.717) is 29.2 Å². The molecule has 1 saturated heterocycles. The molecule has 1 heterocycles. The van der Waals surface area contributed by atoms with Gasteiger partial charge < -0.3 is 9.47 Å². The molecule has 1 fully saturated rings. The van der Waals surface area contributed by atoms with Gasteiger partial charge in [-0.25, -0.2) is 0 Å². The summed E-state index contributed by atoms with van der Waals surface area (Å²) in [4.78, 5) is 25.9. The number of ether oxygens (including phenoxy) is 2. The second-order valence-corrected chi connectivity index (χ2v) is 8.05. The summed E-state index contributed by atoms with van der Waals surface area (Å²) in [7, 11) is 1.50. The van der Waals surface area contributed by atoms with E-state index in [-0.39, 0.29) is 17.3 Å². The monoisotopic (exact) mass is 547 g/mol. The fourth-order valence-electron chi connectivity index (χ4n) is 2.89. The maximum Gasteiger partial charge on any atom is 0.265 e. The Kier molecular flexibility index (Phi) is 7.25. The molecule has 0 aromatic heterocycles. The molecule has 0 spiro atoms. The minimum Gasteiger partial charge on any atom is -0.490 e. The Balaban J connectivity index is 1.94. The predicted molar refractivity (Wildman–Crippen MR) is 127 cm³/mol. The lowest BCUT2D eigenvalue weighted by Crippen LogP contribution is -2.52. The minimum absolute atomic E-state index is 0.0223. The first-order valence-corrected chi connectivity index (χ1v) is 10.8. The first-order chi connectivity index (χ1) is 14.8. The van der Waals surface area contributed by atoms with E-state index >= 15 is 0 Å². The van der Waals surface area contributed by atoms with Crippen LogP contribution in [0.1, 0.15) is 23.6 Å². The summed E-state index contributed by atoms with van der Waals surface area (Å²) in [5, 5.41) is 11.8. The van der Waals surface area contributed by atoms with Gasteiger partial charge in [0.2, 0.25) is 0 Å². The molecule has 2 amide bonds. The quantitative estimate of drug-likeness (QED) is 0.258. The lowest BCUT2D eigenvalue weighted by molar-refractivity contribution is -0.128. The first-order valence-electron chi connectivity index (χ1n) is 9.28. The number of nitrogens with zero attached hydrogens (tertiary/aromatic N) is 2. The number of carbonyl (C=O) groups is 2. The van der Waals surface area contributed by atoms with Gasteiger partial charge in [0.05, 0.1) is 21.8 Å². The van der Waals surface area contributed by atoms with E-state index in [1.807, 2.05) is 19.1 Å². The van der Waals surface area contributed by atoms with Crippen LogP contribution in [0.2, 0.25) is 0 Å². The lowest BCUT2D eigenvalue weighted by atomic mass is 10.1. The zero-order chi connectivity index (χ0) is 22.5. The first kappa shape index (κ1) is 22.7. The molecule has 1 N–H and O–H groups in total. The molecule has 1 aliphatic heterocycles. The summed E-state index contributed by atoms with van der Waals surface area (Å²) in [6, 6.07) is 12.9. The van der Waals surface area contributed by atoms with E-state index in [9.17, 15) is 14.9 Å². The van der Waals surface area contributed by atoms with E-state index in [2.05, 4.69) is 34.0 Å². The van der Waals surface area contributed by atoms with E-state index < -0.39 is 11.8 Å². The number of benzene rings is 2. The Hall–Kier alpha value is -2.97. The SMILES string of the molecule is CCOc1cc(/C=C2\C(=O)NC(=S)N(C)C2=O)cc(I)c1OCc1ccccc1C#N. The Morgan fingerprint density at radius 3 is 2.71 bits per heavy atom. The van der Waals surface area contributed by atoms with Crippen molar-refractivity contribution in [3.05, 3.63) is 62.2 Å². The normalized spacial score (nSPS) is 15.0. The highest BCUT2D eigenvalue weighted by Crippen LogP contribution is 2.36. The minimum atomic E-state index is -0.547. The fourth-order valence-corrected chi connectivity index (χ4v) is 3.85. The smallest absolute Gasteiger partial charge is 0.265 e. The van der Waals surface area contributed by atoms with Gasteiger partial charge in [0, 0.05) is 12.6 Å². The van der Waals surface area contributed by atoms with Crippen molar-refractivity contribution in [2.75, 3.05) is 13.7 Å². The number of likely N-dealkylation sites (N-methyl/N-ethyl adjacent to an activating group) is 1. The molecule has 158 valence electrons. The molecule has 31 heavy (non-hydrogen) atoms. The van der Waals surface area contributed by atoms with Crippen LogP contribution in [0.25, 0.3) is 6.08 Å².